The fourth-order valence-corrected chi connectivity index (χ4v) is 3.23. The summed E-state index contributed by atoms with van der Waals surface area (Å²) in [5.41, 5.74) is 4.10. The SMILES string of the molecule is CN(c1nccc(C2CNC2)n1)C1Cc2ccccc2C1. The predicted octanol–water partition coefficient (Wildman–Crippen LogP) is 1.77. The van der Waals surface area contributed by atoms with Crippen LogP contribution in [-0.4, -0.2) is 36.1 Å². The van der Waals surface area contributed by atoms with E-state index in [2.05, 4.69) is 46.5 Å². The number of likely N-dealkylation sites (N-methyl/N-ethyl adjacent to an activating group) is 1. The maximum Gasteiger partial charge on any atom is 0.225 e. The molecule has 2 heterocycles. The number of fused-ring (bicyclic) bond motifs is 1. The number of hydrogen-bond donors (Lipinski definition) is 1. The Labute approximate surface area is 125 Å². The average molecular weight is 280 g/mol. The molecular formula is C17H20N4. The standard InChI is InChI=1S/C17H20N4/c1-21(15-8-12-4-2-3-5-13(12)9-15)17-19-7-6-16(20-17)14-10-18-11-14/h2-7,14-15,18H,8-11H2,1H3. The van der Waals surface area contributed by atoms with E-state index in [9.17, 15) is 0 Å². The molecule has 0 spiro atoms. The van der Waals surface area contributed by atoms with Crippen molar-refractivity contribution < 1.29 is 0 Å². The van der Waals surface area contributed by atoms with E-state index in [1.807, 2.05) is 12.3 Å². The zero-order valence-corrected chi connectivity index (χ0v) is 12.3. The van der Waals surface area contributed by atoms with Crippen molar-refractivity contribution in [3.63, 3.8) is 0 Å². The Bertz CT molecular complexity index is 626. The van der Waals surface area contributed by atoms with Crippen LogP contribution in [0.3, 0.4) is 0 Å². The van der Waals surface area contributed by atoms with Crippen molar-refractivity contribution in [1.29, 1.82) is 0 Å². The number of benzene rings is 1. The maximum atomic E-state index is 4.78. The fourth-order valence-electron chi connectivity index (χ4n) is 3.23. The van der Waals surface area contributed by atoms with E-state index in [4.69, 9.17) is 4.98 Å². The van der Waals surface area contributed by atoms with Crippen molar-refractivity contribution in [1.82, 2.24) is 15.3 Å². The lowest BCUT2D eigenvalue weighted by Crippen LogP contribution is -2.41. The lowest BCUT2D eigenvalue weighted by molar-refractivity contribution is 0.439. The van der Waals surface area contributed by atoms with Crippen LogP contribution < -0.4 is 10.2 Å². The Hall–Kier alpha value is -1.94. The Balaban J connectivity index is 1.54. The van der Waals surface area contributed by atoms with Gasteiger partial charge in [0.15, 0.2) is 0 Å². The molecule has 1 aliphatic heterocycles. The molecule has 0 bridgehead atoms. The Kier molecular flexibility index (Phi) is 3.11. The smallest absolute Gasteiger partial charge is 0.225 e. The van der Waals surface area contributed by atoms with Crippen LogP contribution in [-0.2, 0) is 12.8 Å². The van der Waals surface area contributed by atoms with Crippen LogP contribution >= 0.6 is 0 Å². The molecule has 1 N–H and O–H groups in total. The van der Waals surface area contributed by atoms with Crippen LogP contribution in [0.25, 0.3) is 0 Å². The molecule has 1 aromatic carbocycles. The summed E-state index contributed by atoms with van der Waals surface area (Å²) in [6, 6.07) is 11.2. The molecule has 0 amide bonds. The first kappa shape index (κ1) is 12.8. The quantitative estimate of drug-likeness (QED) is 0.930. The second kappa shape index (κ2) is 5.11. The summed E-state index contributed by atoms with van der Waals surface area (Å²) in [6.45, 7) is 2.07. The number of hydrogen-bond acceptors (Lipinski definition) is 4. The number of nitrogens with zero attached hydrogens (tertiary/aromatic N) is 3. The molecule has 1 aromatic heterocycles. The molecule has 2 aliphatic rings. The van der Waals surface area contributed by atoms with E-state index >= 15 is 0 Å². The number of aromatic nitrogens is 2. The third-order valence-corrected chi connectivity index (χ3v) is 4.76. The molecule has 1 saturated heterocycles. The van der Waals surface area contributed by atoms with Gasteiger partial charge in [-0.05, 0) is 30.0 Å². The minimum atomic E-state index is 0.470. The van der Waals surface area contributed by atoms with Gasteiger partial charge in [0.25, 0.3) is 0 Å². The van der Waals surface area contributed by atoms with E-state index < -0.39 is 0 Å². The van der Waals surface area contributed by atoms with Crippen molar-refractivity contribution in [3.05, 3.63) is 53.3 Å². The molecule has 1 fully saturated rings. The van der Waals surface area contributed by atoms with Crippen LogP contribution in [0.1, 0.15) is 22.7 Å². The van der Waals surface area contributed by atoms with Gasteiger partial charge in [-0.25, -0.2) is 9.97 Å². The number of nitrogens with one attached hydrogen (secondary N) is 1. The Morgan fingerprint density at radius 3 is 2.43 bits per heavy atom. The molecule has 0 saturated carbocycles. The molecular weight excluding hydrogens is 260 g/mol. The molecule has 0 unspecified atom stereocenters. The second-order valence-electron chi connectivity index (χ2n) is 6.08. The summed E-state index contributed by atoms with van der Waals surface area (Å²) >= 11 is 0. The topological polar surface area (TPSA) is 41.1 Å². The summed E-state index contributed by atoms with van der Waals surface area (Å²) in [5, 5.41) is 3.30. The van der Waals surface area contributed by atoms with E-state index in [0.29, 0.717) is 12.0 Å². The summed E-state index contributed by atoms with van der Waals surface area (Å²) < 4.78 is 0. The molecule has 108 valence electrons. The molecule has 4 heteroatoms. The van der Waals surface area contributed by atoms with E-state index in [0.717, 1.165) is 31.9 Å². The first-order valence-corrected chi connectivity index (χ1v) is 7.64. The zero-order chi connectivity index (χ0) is 14.2. The van der Waals surface area contributed by atoms with Crippen molar-refractivity contribution in [2.24, 2.45) is 0 Å². The highest BCUT2D eigenvalue weighted by Gasteiger charge is 2.27. The van der Waals surface area contributed by atoms with E-state index in [-0.39, 0.29) is 0 Å². The summed E-state index contributed by atoms with van der Waals surface area (Å²) in [4.78, 5) is 11.5. The van der Waals surface area contributed by atoms with Gasteiger partial charge in [0.1, 0.15) is 0 Å². The van der Waals surface area contributed by atoms with Gasteiger partial charge in [0.2, 0.25) is 5.95 Å². The van der Waals surface area contributed by atoms with Gasteiger partial charge in [-0.15, -0.1) is 0 Å². The molecule has 1 aliphatic carbocycles. The molecule has 0 atom stereocenters. The highest BCUT2D eigenvalue weighted by atomic mass is 15.3. The van der Waals surface area contributed by atoms with Crippen LogP contribution in [0.5, 0.6) is 0 Å². The molecule has 21 heavy (non-hydrogen) atoms. The minimum Gasteiger partial charge on any atom is -0.340 e. The van der Waals surface area contributed by atoms with Crippen molar-refractivity contribution in [3.8, 4) is 0 Å². The molecule has 4 rings (SSSR count). The largest absolute Gasteiger partial charge is 0.340 e. The number of rotatable bonds is 3. The monoisotopic (exact) mass is 280 g/mol. The summed E-state index contributed by atoms with van der Waals surface area (Å²) in [5.74, 6) is 1.41. The lowest BCUT2D eigenvalue weighted by Gasteiger charge is -2.28. The van der Waals surface area contributed by atoms with Gasteiger partial charge >= 0.3 is 0 Å². The summed E-state index contributed by atoms with van der Waals surface area (Å²) in [6.07, 6.45) is 4.07. The Morgan fingerprint density at radius 2 is 1.81 bits per heavy atom. The molecule has 2 aromatic rings. The van der Waals surface area contributed by atoms with Gasteiger partial charge in [0.05, 0.1) is 5.69 Å². The molecule has 4 nitrogen and oxygen atoms in total. The summed E-state index contributed by atoms with van der Waals surface area (Å²) in [7, 11) is 2.12. The predicted molar refractivity (Wildman–Crippen MR) is 83.7 cm³/mol. The molecule has 0 radical (unpaired) electrons. The average Bonchev–Trinajstić information content (AvgIpc) is 2.89. The normalized spacial score (nSPS) is 18.3. The van der Waals surface area contributed by atoms with Crippen LogP contribution in [0, 0.1) is 0 Å². The zero-order valence-electron chi connectivity index (χ0n) is 12.3. The first-order valence-electron chi connectivity index (χ1n) is 7.64. The highest BCUT2D eigenvalue weighted by Crippen LogP contribution is 2.27. The van der Waals surface area contributed by atoms with E-state index in [1.54, 1.807) is 0 Å². The minimum absolute atomic E-state index is 0.470. The van der Waals surface area contributed by atoms with Gasteiger partial charge < -0.3 is 10.2 Å². The van der Waals surface area contributed by atoms with Crippen LogP contribution in [0.2, 0.25) is 0 Å². The third kappa shape index (κ3) is 2.29. The Morgan fingerprint density at radius 1 is 1.10 bits per heavy atom. The van der Waals surface area contributed by atoms with Gasteiger partial charge in [-0.1, -0.05) is 24.3 Å². The van der Waals surface area contributed by atoms with Gasteiger partial charge in [0, 0.05) is 38.3 Å². The van der Waals surface area contributed by atoms with Crippen molar-refractivity contribution in [2.75, 3.05) is 25.0 Å². The van der Waals surface area contributed by atoms with Gasteiger partial charge in [-0.3, -0.25) is 0 Å². The van der Waals surface area contributed by atoms with Gasteiger partial charge in [-0.2, -0.15) is 0 Å². The van der Waals surface area contributed by atoms with Crippen LogP contribution in [0.15, 0.2) is 36.5 Å². The lowest BCUT2D eigenvalue weighted by atomic mass is 9.99. The highest BCUT2D eigenvalue weighted by molar-refractivity contribution is 5.40. The fraction of sp³-hybridized carbons (Fsp3) is 0.412. The van der Waals surface area contributed by atoms with Crippen molar-refractivity contribution in [2.45, 2.75) is 24.8 Å². The maximum absolute atomic E-state index is 4.78. The van der Waals surface area contributed by atoms with Crippen LogP contribution in [0.4, 0.5) is 5.95 Å². The van der Waals surface area contributed by atoms with Crippen molar-refractivity contribution >= 4 is 5.95 Å². The van der Waals surface area contributed by atoms with E-state index in [1.165, 1.54) is 16.8 Å². The second-order valence-corrected chi connectivity index (χ2v) is 6.08. The third-order valence-electron chi connectivity index (χ3n) is 4.76. The number of anilines is 1. The first-order chi connectivity index (χ1) is 10.3.